The molecule has 1 fully saturated rings. The van der Waals surface area contributed by atoms with Crippen molar-refractivity contribution in [3.05, 3.63) is 11.9 Å². The molecule has 70 valence electrons. The van der Waals surface area contributed by atoms with E-state index < -0.39 is 18.4 Å². The average molecular weight is 284 g/mol. The van der Waals surface area contributed by atoms with E-state index in [0.717, 1.165) is 3.84 Å². The Balaban J connectivity index is 2.32. The third kappa shape index (κ3) is 2.18. The van der Waals surface area contributed by atoms with Crippen LogP contribution in [0.25, 0.3) is 0 Å². The Morgan fingerprint density at radius 3 is 2.54 bits per heavy atom. The SMILES string of the molecule is [CH3][Sn]([CH3])([CH3])[c]1nncc(C2CC2)n1. The fourth-order valence-electron chi connectivity index (χ4n) is 1.21. The zero-order chi connectivity index (χ0) is 9.47. The van der Waals surface area contributed by atoms with Crippen LogP contribution >= 0.6 is 0 Å². The van der Waals surface area contributed by atoms with Gasteiger partial charge in [-0.05, 0) is 0 Å². The molecule has 1 aromatic rings. The van der Waals surface area contributed by atoms with Crippen LogP contribution in [-0.4, -0.2) is 33.6 Å². The van der Waals surface area contributed by atoms with Crippen molar-refractivity contribution >= 4 is 22.2 Å². The van der Waals surface area contributed by atoms with Crippen molar-refractivity contribution in [2.75, 3.05) is 0 Å². The quantitative estimate of drug-likeness (QED) is 0.768. The monoisotopic (exact) mass is 285 g/mol. The predicted molar refractivity (Wildman–Crippen MR) is 54.8 cm³/mol. The molecule has 1 heterocycles. The normalized spacial score (nSPS) is 17.5. The van der Waals surface area contributed by atoms with Crippen LogP contribution in [0.15, 0.2) is 6.20 Å². The molecule has 0 atom stereocenters. The van der Waals surface area contributed by atoms with E-state index in [1.165, 1.54) is 18.5 Å². The van der Waals surface area contributed by atoms with Gasteiger partial charge < -0.3 is 0 Å². The minimum absolute atomic E-state index is 0.697. The molecule has 1 saturated carbocycles. The second kappa shape index (κ2) is 3.19. The van der Waals surface area contributed by atoms with Gasteiger partial charge in [-0.3, -0.25) is 0 Å². The molecule has 0 unspecified atom stereocenters. The van der Waals surface area contributed by atoms with Gasteiger partial charge in [0.25, 0.3) is 0 Å². The van der Waals surface area contributed by atoms with Crippen LogP contribution in [0.3, 0.4) is 0 Å². The third-order valence-electron chi connectivity index (χ3n) is 2.24. The molecule has 0 radical (unpaired) electrons. The summed E-state index contributed by atoms with van der Waals surface area (Å²) in [5.41, 5.74) is 1.18. The molecule has 13 heavy (non-hydrogen) atoms. The molecule has 0 saturated heterocycles. The number of hydrogen-bond donors (Lipinski definition) is 0. The van der Waals surface area contributed by atoms with Gasteiger partial charge in [0.15, 0.2) is 0 Å². The molecule has 0 N–H and O–H groups in total. The van der Waals surface area contributed by atoms with E-state index in [-0.39, 0.29) is 0 Å². The van der Waals surface area contributed by atoms with Crippen LogP contribution < -0.4 is 3.84 Å². The number of rotatable bonds is 2. The Morgan fingerprint density at radius 2 is 2.00 bits per heavy atom. The second-order valence-corrected chi connectivity index (χ2v) is 18.8. The summed E-state index contributed by atoms with van der Waals surface area (Å²) in [6, 6.07) is 0. The topological polar surface area (TPSA) is 38.7 Å². The Morgan fingerprint density at radius 1 is 1.31 bits per heavy atom. The number of aromatic nitrogens is 3. The van der Waals surface area contributed by atoms with E-state index >= 15 is 0 Å². The van der Waals surface area contributed by atoms with E-state index in [1.807, 2.05) is 6.20 Å². The Bertz CT molecular complexity index is 315. The van der Waals surface area contributed by atoms with Gasteiger partial charge in [-0.2, -0.15) is 0 Å². The molecule has 0 spiro atoms. The molecule has 3 nitrogen and oxygen atoms in total. The second-order valence-electron chi connectivity index (χ2n) is 4.73. The Hall–Kier alpha value is -0.191. The van der Waals surface area contributed by atoms with Gasteiger partial charge in [-0.25, -0.2) is 0 Å². The van der Waals surface area contributed by atoms with Gasteiger partial charge in [-0.1, -0.05) is 0 Å². The predicted octanol–water partition coefficient (Wildman–Crippen LogP) is 1.29. The average Bonchev–Trinajstić information content (AvgIpc) is 2.85. The number of nitrogens with zero attached hydrogens (tertiary/aromatic N) is 3. The first kappa shape index (κ1) is 9.37. The van der Waals surface area contributed by atoms with Crippen LogP contribution in [0.1, 0.15) is 24.5 Å². The minimum atomic E-state index is -2.07. The summed E-state index contributed by atoms with van der Waals surface area (Å²) < 4.78 is 1.07. The maximum atomic E-state index is 4.63. The van der Waals surface area contributed by atoms with Crippen LogP contribution in [0.5, 0.6) is 0 Å². The zero-order valence-corrected chi connectivity index (χ0v) is 11.3. The van der Waals surface area contributed by atoms with Crippen molar-refractivity contribution in [1.82, 2.24) is 15.2 Å². The molecule has 0 aliphatic heterocycles. The fourth-order valence-corrected chi connectivity index (χ4v) is 3.56. The van der Waals surface area contributed by atoms with Crippen molar-refractivity contribution in [3.63, 3.8) is 0 Å². The van der Waals surface area contributed by atoms with E-state index in [4.69, 9.17) is 0 Å². The molecule has 0 bridgehead atoms. The molecular weight excluding hydrogens is 269 g/mol. The van der Waals surface area contributed by atoms with Crippen LogP contribution in [-0.2, 0) is 0 Å². The van der Waals surface area contributed by atoms with E-state index in [1.54, 1.807) is 0 Å². The van der Waals surface area contributed by atoms with E-state index in [2.05, 4.69) is 30.0 Å². The van der Waals surface area contributed by atoms with E-state index in [0.29, 0.717) is 5.92 Å². The van der Waals surface area contributed by atoms with Crippen molar-refractivity contribution in [1.29, 1.82) is 0 Å². The fraction of sp³-hybridized carbons (Fsp3) is 0.667. The molecule has 2 rings (SSSR count). The van der Waals surface area contributed by atoms with Crippen molar-refractivity contribution < 1.29 is 0 Å². The molecule has 1 aliphatic carbocycles. The number of hydrogen-bond acceptors (Lipinski definition) is 3. The first-order valence-corrected chi connectivity index (χ1v) is 14.8. The molecule has 0 amide bonds. The summed E-state index contributed by atoms with van der Waals surface area (Å²) in [4.78, 5) is 11.6. The van der Waals surface area contributed by atoms with Gasteiger partial charge >= 0.3 is 82.9 Å². The van der Waals surface area contributed by atoms with Gasteiger partial charge in [0.05, 0.1) is 0 Å². The van der Waals surface area contributed by atoms with Crippen LogP contribution in [0, 0.1) is 0 Å². The first-order valence-electron chi connectivity index (χ1n) is 4.77. The summed E-state index contributed by atoms with van der Waals surface area (Å²) in [5, 5.41) is 8.21. The molecule has 1 aliphatic rings. The third-order valence-corrected chi connectivity index (χ3v) is 6.68. The van der Waals surface area contributed by atoms with Gasteiger partial charge in [0.2, 0.25) is 0 Å². The molecule has 4 heteroatoms. The van der Waals surface area contributed by atoms with Crippen LogP contribution in [0.2, 0.25) is 14.8 Å². The summed E-state index contributed by atoms with van der Waals surface area (Å²) in [5.74, 6) is 0.697. The van der Waals surface area contributed by atoms with Gasteiger partial charge in [-0.15, -0.1) is 0 Å². The summed E-state index contributed by atoms with van der Waals surface area (Å²) >= 11 is -2.07. The molecule has 1 aromatic heterocycles. The maximum absolute atomic E-state index is 4.63. The van der Waals surface area contributed by atoms with Gasteiger partial charge in [0, 0.05) is 0 Å². The van der Waals surface area contributed by atoms with Crippen molar-refractivity contribution in [2.45, 2.75) is 33.6 Å². The summed E-state index contributed by atoms with van der Waals surface area (Å²) in [6.45, 7) is 0. The standard InChI is InChI=1S/C6H6N3.3CH3.Sn/c1-2-5(1)6-3-8-9-4-7-6;;;;/h3,5H,1-2H2;3*1H3;. The Kier molecular flexibility index (Phi) is 2.30. The molecule has 0 aromatic carbocycles. The Labute approximate surface area is 82.9 Å². The van der Waals surface area contributed by atoms with Gasteiger partial charge in [0.1, 0.15) is 0 Å². The zero-order valence-electron chi connectivity index (χ0n) is 8.41. The molecular formula is C9H15N3Sn. The van der Waals surface area contributed by atoms with Crippen molar-refractivity contribution in [3.8, 4) is 0 Å². The summed E-state index contributed by atoms with van der Waals surface area (Å²) in [6.07, 6.45) is 4.41. The first-order chi connectivity index (χ1) is 6.07. The van der Waals surface area contributed by atoms with Crippen LogP contribution in [0.4, 0.5) is 0 Å². The van der Waals surface area contributed by atoms with Crippen molar-refractivity contribution in [2.24, 2.45) is 0 Å². The summed E-state index contributed by atoms with van der Waals surface area (Å²) in [7, 11) is 0. The van der Waals surface area contributed by atoms with E-state index in [9.17, 15) is 0 Å².